The molecule has 0 aliphatic rings. The molecular weight excluding hydrogens is 292 g/mol. The van der Waals surface area contributed by atoms with Crippen molar-refractivity contribution in [2.45, 2.75) is 25.6 Å². The van der Waals surface area contributed by atoms with Crippen LogP contribution in [0.25, 0.3) is 0 Å². The molecule has 23 heavy (non-hydrogen) atoms. The number of benzene rings is 2. The summed E-state index contributed by atoms with van der Waals surface area (Å²) in [5.41, 5.74) is 5.61. The number of hydrogen-bond donors (Lipinski definition) is 2. The first-order valence-corrected chi connectivity index (χ1v) is 7.32. The van der Waals surface area contributed by atoms with E-state index in [1.54, 1.807) is 0 Å². The quantitative estimate of drug-likeness (QED) is 0.603. The van der Waals surface area contributed by atoms with Crippen molar-refractivity contribution in [3.8, 4) is 0 Å². The van der Waals surface area contributed by atoms with Crippen LogP contribution in [0.15, 0.2) is 60.7 Å². The Morgan fingerprint density at radius 2 is 1.52 bits per heavy atom. The van der Waals surface area contributed by atoms with Gasteiger partial charge in [-0.3, -0.25) is 10.1 Å². The minimum Gasteiger partial charge on any atom is -0.459 e. The van der Waals surface area contributed by atoms with Crippen LogP contribution in [-0.4, -0.2) is 17.4 Å². The molecule has 0 radical (unpaired) electrons. The summed E-state index contributed by atoms with van der Waals surface area (Å²) in [5.74, 6) is -1.46. The van der Waals surface area contributed by atoms with Gasteiger partial charge in [-0.15, -0.1) is 0 Å². The van der Waals surface area contributed by atoms with Gasteiger partial charge in [0.25, 0.3) is 0 Å². The van der Waals surface area contributed by atoms with Crippen LogP contribution in [0.5, 0.6) is 0 Å². The molecule has 0 saturated carbocycles. The average molecular weight is 312 g/mol. The number of carbonyl (C=O) groups excluding carboxylic acids is 2. The summed E-state index contributed by atoms with van der Waals surface area (Å²) in [6, 6.07) is 18.7. The first-order chi connectivity index (χ1) is 11.0. The van der Waals surface area contributed by atoms with Gasteiger partial charge in [0, 0.05) is 6.54 Å². The van der Waals surface area contributed by atoms with Gasteiger partial charge < -0.3 is 10.5 Å². The van der Waals surface area contributed by atoms with Crippen molar-refractivity contribution in [2.75, 3.05) is 0 Å². The zero-order valence-corrected chi connectivity index (χ0v) is 13.0. The molecule has 5 nitrogen and oxygen atoms in total. The van der Waals surface area contributed by atoms with Gasteiger partial charge in [0.2, 0.25) is 5.91 Å². The van der Waals surface area contributed by atoms with Crippen molar-refractivity contribution in [3.63, 3.8) is 0 Å². The Hall–Kier alpha value is -2.66. The van der Waals surface area contributed by atoms with E-state index in [9.17, 15) is 9.59 Å². The molecule has 120 valence electrons. The summed E-state index contributed by atoms with van der Waals surface area (Å²) >= 11 is 0. The Bertz CT molecular complexity index is 658. The summed E-state index contributed by atoms with van der Waals surface area (Å²) in [7, 11) is 0. The Labute approximate surface area is 135 Å². The van der Waals surface area contributed by atoms with Gasteiger partial charge in [0.1, 0.15) is 6.61 Å². The van der Waals surface area contributed by atoms with E-state index in [0.717, 1.165) is 11.1 Å². The Morgan fingerprint density at radius 1 is 1.00 bits per heavy atom. The molecule has 0 heterocycles. The van der Waals surface area contributed by atoms with E-state index in [2.05, 4.69) is 5.32 Å². The second-order valence-corrected chi connectivity index (χ2v) is 5.39. The van der Waals surface area contributed by atoms with E-state index in [1.807, 2.05) is 60.7 Å². The minimum absolute atomic E-state index is 0.0928. The smallest absolute Gasteiger partial charge is 0.336 e. The van der Waals surface area contributed by atoms with Gasteiger partial charge in [-0.1, -0.05) is 60.7 Å². The second-order valence-electron chi connectivity index (χ2n) is 5.39. The lowest BCUT2D eigenvalue weighted by molar-refractivity contribution is -0.156. The highest BCUT2D eigenvalue weighted by atomic mass is 16.5. The first kappa shape index (κ1) is 16.7. The molecule has 0 bridgehead atoms. The number of rotatable bonds is 7. The Morgan fingerprint density at radius 3 is 2.04 bits per heavy atom. The summed E-state index contributed by atoms with van der Waals surface area (Å²) in [5, 5.41) is 2.90. The molecule has 2 aromatic rings. The van der Waals surface area contributed by atoms with Crippen LogP contribution in [-0.2, 0) is 27.5 Å². The van der Waals surface area contributed by atoms with Crippen molar-refractivity contribution < 1.29 is 14.3 Å². The molecule has 1 amide bonds. The van der Waals surface area contributed by atoms with E-state index in [1.165, 1.54) is 6.92 Å². The van der Waals surface area contributed by atoms with Crippen molar-refractivity contribution in [1.82, 2.24) is 5.32 Å². The molecule has 0 aliphatic carbocycles. The third-order valence-corrected chi connectivity index (χ3v) is 3.60. The summed E-state index contributed by atoms with van der Waals surface area (Å²) < 4.78 is 5.24. The molecule has 0 fully saturated rings. The van der Waals surface area contributed by atoms with Crippen LogP contribution in [0.3, 0.4) is 0 Å². The van der Waals surface area contributed by atoms with Crippen LogP contribution in [0.2, 0.25) is 0 Å². The maximum Gasteiger partial charge on any atom is 0.336 e. The number of nitrogens with two attached hydrogens (primary N) is 1. The van der Waals surface area contributed by atoms with Crippen LogP contribution in [0.4, 0.5) is 0 Å². The van der Waals surface area contributed by atoms with Crippen molar-refractivity contribution in [1.29, 1.82) is 0 Å². The fraction of sp³-hybridized carbons (Fsp3) is 0.222. The average Bonchev–Trinajstić information content (AvgIpc) is 2.59. The van der Waals surface area contributed by atoms with E-state index < -0.39 is 17.4 Å². The highest BCUT2D eigenvalue weighted by Crippen LogP contribution is 2.11. The number of hydrogen-bond acceptors (Lipinski definition) is 4. The van der Waals surface area contributed by atoms with Gasteiger partial charge in [-0.05, 0) is 18.1 Å². The summed E-state index contributed by atoms with van der Waals surface area (Å²) in [6.45, 7) is 1.86. The number of nitrogens with one attached hydrogen (secondary N) is 1. The fourth-order valence-electron chi connectivity index (χ4n) is 2.00. The van der Waals surface area contributed by atoms with Gasteiger partial charge in [0.15, 0.2) is 5.54 Å². The maximum absolute atomic E-state index is 12.3. The van der Waals surface area contributed by atoms with E-state index in [-0.39, 0.29) is 6.61 Å². The van der Waals surface area contributed by atoms with E-state index >= 15 is 0 Å². The molecule has 1 atom stereocenters. The Balaban J connectivity index is 2.00. The van der Waals surface area contributed by atoms with Crippen LogP contribution in [0.1, 0.15) is 18.1 Å². The molecule has 0 aliphatic heterocycles. The van der Waals surface area contributed by atoms with Gasteiger partial charge in [0.05, 0.1) is 0 Å². The number of esters is 1. The molecule has 0 spiro atoms. The predicted molar refractivity (Wildman–Crippen MR) is 87.1 cm³/mol. The normalized spacial score (nSPS) is 13.1. The van der Waals surface area contributed by atoms with Crippen LogP contribution < -0.4 is 11.1 Å². The monoisotopic (exact) mass is 312 g/mol. The first-order valence-electron chi connectivity index (χ1n) is 7.32. The van der Waals surface area contributed by atoms with Crippen molar-refractivity contribution >= 4 is 11.9 Å². The van der Waals surface area contributed by atoms with Gasteiger partial charge in [-0.25, -0.2) is 4.79 Å². The highest BCUT2D eigenvalue weighted by Gasteiger charge is 2.40. The molecule has 0 aromatic heterocycles. The SMILES string of the molecule is C[C@@](NCc1ccccc1)(C(N)=O)C(=O)OCc1ccccc1. The van der Waals surface area contributed by atoms with E-state index in [4.69, 9.17) is 10.5 Å². The molecule has 0 unspecified atom stereocenters. The maximum atomic E-state index is 12.3. The Kier molecular flexibility index (Phi) is 5.49. The third-order valence-electron chi connectivity index (χ3n) is 3.60. The number of carbonyl (C=O) groups is 2. The second kappa shape index (κ2) is 7.56. The zero-order chi connectivity index (χ0) is 16.7. The number of primary amides is 1. The third kappa shape index (κ3) is 4.40. The lowest BCUT2D eigenvalue weighted by Crippen LogP contribution is -2.59. The van der Waals surface area contributed by atoms with Crippen LogP contribution >= 0.6 is 0 Å². The van der Waals surface area contributed by atoms with E-state index in [0.29, 0.717) is 6.54 Å². The predicted octanol–water partition coefficient (Wildman–Crippen LogP) is 1.76. The molecule has 5 heteroatoms. The lowest BCUT2D eigenvalue weighted by Gasteiger charge is -2.25. The standard InChI is InChI=1S/C18H20N2O3/c1-18(16(19)21,20-12-14-8-4-2-5-9-14)17(22)23-13-15-10-6-3-7-11-15/h2-11,20H,12-13H2,1H3,(H2,19,21)/t18-/m1/s1. The number of ether oxygens (including phenoxy) is 1. The van der Waals surface area contributed by atoms with Crippen LogP contribution in [0, 0.1) is 0 Å². The van der Waals surface area contributed by atoms with Gasteiger partial charge in [-0.2, -0.15) is 0 Å². The largest absolute Gasteiger partial charge is 0.459 e. The molecule has 2 rings (SSSR count). The molecular formula is C18H20N2O3. The lowest BCUT2D eigenvalue weighted by atomic mass is 10.0. The zero-order valence-electron chi connectivity index (χ0n) is 13.0. The highest BCUT2D eigenvalue weighted by molar-refractivity contribution is 6.06. The van der Waals surface area contributed by atoms with Gasteiger partial charge >= 0.3 is 5.97 Å². The minimum atomic E-state index is -1.58. The summed E-state index contributed by atoms with van der Waals surface area (Å²) in [6.07, 6.45) is 0. The van der Waals surface area contributed by atoms with Crippen molar-refractivity contribution in [3.05, 3.63) is 71.8 Å². The molecule has 3 N–H and O–H groups in total. The number of amides is 1. The fourth-order valence-corrected chi connectivity index (χ4v) is 2.00. The van der Waals surface area contributed by atoms with Crippen molar-refractivity contribution in [2.24, 2.45) is 5.73 Å². The molecule has 0 saturated heterocycles. The topological polar surface area (TPSA) is 81.4 Å². The summed E-state index contributed by atoms with van der Waals surface area (Å²) in [4.78, 5) is 24.1. The molecule has 2 aromatic carbocycles.